The van der Waals surface area contributed by atoms with Crippen LogP contribution in [-0.4, -0.2) is 12.6 Å². The molecule has 2 N–H and O–H groups in total. The van der Waals surface area contributed by atoms with E-state index in [-0.39, 0.29) is 12.6 Å². The maximum absolute atomic E-state index is 11.8. The molecule has 0 aromatic heterocycles. The first-order valence-corrected chi connectivity index (χ1v) is 7.34. The minimum absolute atomic E-state index is 0.279. The summed E-state index contributed by atoms with van der Waals surface area (Å²) in [6, 6.07) is 12.8. The number of hydrogen-bond donors (Lipinski definition) is 1. The van der Waals surface area contributed by atoms with Gasteiger partial charge in [0.25, 0.3) is 0 Å². The van der Waals surface area contributed by atoms with Gasteiger partial charge in [0.15, 0.2) is 0 Å². The van der Waals surface area contributed by atoms with Crippen molar-refractivity contribution in [2.24, 2.45) is 0 Å². The molecule has 2 aromatic carbocycles. The number of ether oxygens (including phenoxy) is 2. The van der Waals surface area contributed by atoms with Crippen LogP contribution in [0.15, 0.2) is 46.9 Å². The fourth-order valence-electron chi connectivity index (χ4n) is 1.80. The molecular weight excluding hydrogens is 334 g/mol. The van der Waals surface area contributed by atoms with E-state index < -0.39 is 0 Å². The number of hydrogen-bond acceptors (Lipinski definition) is 4. The van der Waals surface area contributed by atoms with Crippen molar-refractivity contribution in [3.8, 4) is 5.75 Å². The summed E-state index contributed by atoms with van der Waals surface area (Å²) in [5, 5.41) is 0. The summed E-state index contributed by atoms with van der Waals surface area (Å²) in [4.78, 5) is 11.8. The standard InChI is InChI=1S/C16H16BrNO3/c1-2-20-16(19)11-8-12(15(18)14(17)9-11)10-21-13-6-4-3-5-7-13/h3-9H,2,10,18H2,1H3. The van der Waals surface area contributed by atoms with Crippen LogP contribution < -0.4 is 10.5 Å². The topological polar surface area (TPSA) is 61.5 Å². The highest BCUT2D eigenvalue weighted by molar-refractivity contribution is 9.10. The Kier molecular flexibility index (Phi) is 5.22. The van der Waals surface area contributed by atoms with Crippen molar-refractivity contribution in [1.82, 2.24) is 0 Å². The molecule has 2 rings (SSSR count). The molecule has 0 aliphatic heterocycles. The number of carbonyl (C=O) groups excluding carboxylic acids is 1. The number of carbonyl (C=O) groups is 1. The minimum atomic E-state index is -0.376. The van der Waals surface area contributed by atoms with Crippen LogP contribution in [0.3, 0.4) is 0 Å². The molecule has 0 atom stereocenters. The molecule has 0 heterocycles. The largest absolute Gasteiger partial charge is 0.489 e. The van der Waals surface area contributed by atoms with Gasteiger partial charge in [0.2, 0.25) is 0 Å². The van der Waals surface area contributed by atoms with Crippen LogP contribution in [0, 0.1) is 0 Å². The SMILES string of the molecule is CCOC(=O)c1cc(Br)c(N)c(COc2ccccc2)c1. The highest BCUT2D eigenvalue weighted by atomic mass is 79.9. The van der Waals surface area contributed by atoms with Gasteiger partial charge in [-0.3, -0.25) is 0 Å². The van der Waals surface area contributed by atoms with E-state index in [1.807, 2.05) is 30.3 Å². The van der Waals surface area contributed by atoms with E-state index >= 15 is 0 Å². The van der Waals surface area contributed by atoms with Crippen LogP contribution in [0.25, 0.3) is 0 Å². The van der Waals surface area contributed by atoms with Gasteiger partial charge in [0.1, 0.15) is 12.4 Å². The maximum atomic E-state index is 11.8. The van der Waals surface area contributed by atoms with Crippen molar-refractivity contribution in [1.29, 1.82) is 0 Å². The Morgan fingerprint density at radius 3 is 2.62 bits per heavy atom. The van der Waals surface area contributed by atoms with E-state index in [1.54, 1.807) is 19.1 Å². The summed E-state index contributed by atoms with van der Waals surface area (Å²) in [5.74, 6) is 0.369. The van der Waals surface area contributed by atoms with Crippen LogP contribution in [0.4, 0.5) is 5.69 Å². The summed E-state index contributed by atoms with van der Waals surface area (Å²) in [6.45, 7) is 2.38. The fraction of sp³-hybridized carbons (Fsp3) is 0.188. The third-order valence-electron chi connectivity index (χ3n) is 2.86. The molecule has 2 aromatic rings. The molecule has 0 spiro atoms. The summed E-state index contributed by atoms with van der Waals surface area (Å²) in [5.41, 5.74) is 7.75. The van der Waals surface area contributed by atoms with E-state index in [0.717, 1.165) is 11.3 Å². The average Bonchev–Trinajstić information content (AvgIpc) is 2.50. The lowest BCUT2D eigenvalue weighted by Crippen LogP contribution is -2.08. The molecule has 21 heavy (non-hydrogen) atoms. The van der Waals surface area contributed by atoms with Crippen LogP contribution in [0.1, 0.15) is 22.8 Å². The normalized spacial score (nSPS) is 10.2. The monoisotopic (exact) mass is 349 g/mol. The molecule has 0 bridgehead atoms. The molecular formula is C16H16BrNO3. The Morgan fingerprint density at radius 1 is 1.24 bits per heavy atom. The Hall–Kier alpha value is -2.01. The van der Waals surface area contributed by atoms with E-state index in [1.165, 1.54) is 0 Å². The smallest absolute Gasteiger partial charge is 0.338 e. The van der Waals surface area contributed by atoms with Gasteiger partial charge < -0.3 is 15.2 Å². The second-order valence-electron chi connectivity index (χ2n) is 4.35. The molecule has 110 valence electrons. The second-order valence-corrected chi connectivity index (χ2v) is 5.21. The first kappa shape index (κ1) is 15.4. The summed E-state index contributed by atoms with van der Waals surface area (Å²) >= 11 is 3.35. The molecule has 4 nitrogen and oxygen atoms in total. The van der Waals surface area contributed by atoms with Crippen molar-refractivity contribution in [2.75, 3.05) is 12.3 Å². The average molecular weight is 350 g/mol. The van der Waals surface area contributed by atoms with Crippen molar-refractivity contribution in [3.63, 3.8) is 0 Å². The number of anilines is 1. The lowest BCUT2D eigenvalue weighted by atomic mass is 10.1. The number of benzene rings is 2. The number of nitrogen functional groups attached to an aromatic ring is 1. The molecule has 0 saturated heterocycles. The van der Waals surface area contributed by atoms with Crippen LogP contribution >= 0.6 is 15.9 Å². The Balaban J connectivity index is 2.20. The van der Waals surface area contributed by atoms with Gasteiger partial charge in [0.05, 0.1) is 17.9 Å². The molecule has 0 aliphatic carbocycles. The molecule has 0 amide bonds. The van der Waals surface area contributed by atoms with Crippen LogP contribution in [0.2, 0.25) is 0 Å². The number of halogens is 1. The first-order valence-electron chi connectivity index (χ1n) is 6.54. The predicted molar refractivity (Wildman–Crippen MR) is 85.3 cm³/mol. The quantitative estimate of drug-likeness (QED) is 0.658. The fourth-order valence-corrected chi connectivity index (χ4v) is 2.31. The van der Waals surface area contributed by atoms with E-state index in [9.17, 15) is 4.79 Å². The molecule has 0 unspecified atom stereocenters. The zero-order chi connectivity index (χ0) is 15.2. The predicted octanol–water partition coefficient (Wildman–Crippen LogP) is 3.79. The molecule has 0 saturated carbocycles. The number of para-hydroxylation sites is 1. The zero-order valence-electron chi connectivity index (χ0n) is 11.6. The zero-order valence-corrected chi connectivity index (χ0v) is 13.2. The minimum Gasteiger partial charge on any atom is -0.489 e. The van der Waals surface area contributed by atoms with E-state index in [4.69, 9.17) is 15.2 Å². The Morgan fingerprint density at radius 2 is 1.95 bits per heavy atom. The van der Waals surface area contributed by atoms with Gasteiger partial charge in [0, 0.05) is 10.0 Å². The first-order chi connectivity index (χ1) is 10.1. The third-order valence-corrected chi connectivity index (χ3v) is 3.52. The van der Waals surface area contributed by atoms with Crippen molar-refractivity contribution in [2.45, 2.75) is 13.5 Å². The summed E-state index contributed by atoms with van der Waals surface area (Å²) in [6.07, 6.45) is 0. The van der Waals surface area contributed by atoms with E-state index in [2.05, 4.69) is 15.9 Å². The van der Waals surface area contributed by atoms with Gasteiger partial charge in [-0.2, -0.15) is 0 Å². The number of esters is 1. The van der Waals surface area contributed by atoms with Gasteiger partial charge in [-0.25, -0.2) is 4.79 Å². The lowest BCUT2D eigenvalue weighted by molar-refractivity contribution is 0.0526. The van der Waals surface area contributed by atoms with Crippen LogP contribution in [-0.2, 0) is 11.3 Å². The van der Waals surface area contributed by atoms with Gasteiger partial charge in [-0.15, -0.1) is 0 Å². The molecule has 5 heteroatoms. The molecule has 0 aliphatic rings. The maximum Gasteiger partial charge on any atom is 0.338 e. The number of nitrogens with two attached hydrogens (primary N) is 1. The lowest BCUT2D eigenvalue weighted by Gasteiger charge is -2.12. The Bertz CT molecular complexity index is 629. The van der Waals surface area contributed by atoms with Gasteiger partial charge >= 0.3 is 5.97 Å². The van der Waals surface area contributed by atoms with Crippen molar-refractivity contribution >= 4 is 27.6 Å². The highest BCUT2D eigenvalue weighted by Gasteiger charge is 2.13. The van der Waals surface area contributed by atoms with E-state index in [0.29, 0.717) is 22.3 Å². The van der Waals surface area contributed by atoms with Gasteiger partial charge in [-0.05, 0) is 47.1 Å². The third kappa shape index (κ3) is 3.98. The Labute approximate surface area is 132 Å². The highest BCUT2D eigenvalue weighted by Crippen LogP contribution is 2.27. The summed E-state index contributed by atoms with van der Waals surface area (Å²) in [7, 11) is 0. The molecule has 0 radical (unpaired) electrons. The number of rotatable bonds is 5. The second kappa shape index (κ2) is 7.13. The van der Waals surface area contributed by atoms with Crippen LogP contribution in [0.5, 0.6) is 5.75 Å². The molecule has 0 fully saturated rings. The van der Waals surface area contributed by atoms with Crippen molar-refractivity contribution in [3.05, 3.63) is 58.1 Å². The van der Waals surface area contributed by atoms with Crippen molar-refractivity contribution < 1.29 is 14.3 Å². The summed E-state index contributed by atoms with van der Waals surface area (Å²) < 4.78 is 11.3. The van der Waals surface area contributed by atoms with Gasteiger partial charge in [-0.1, -0.05) is 18.2 Å².